The molecule has 0 bridgehead atoms. The van der Waals surface area contributed by atoms with Gasteiger partial charge in [0.05, 0.1) is 11.5 Å². The van der Waals surface area contributed by atoms with Gasteiger partial charge in [0.25, 0.3) is 0 Å². The highest BCUT2D eigenvalue weighted by Gasteiger charge is 2.72. The monoisotopic (exact) mass is 612 g/mol. The molecular formula is C37H50Cl2O3. The van der Waals surface area contributed by atoms with Crippen LogP contribution in [0.3, 0.4) is 0 Å². The van der Waals surface area contributed by atoms with E-state index in [1.807, 2.05) is 18.2 Å². The topological polar surface area (TPSA) is 57.5 Å². The van der Waals surface area contributed by atoms with Crippen molar-refractivity contribution in [3.8, 4) is 0 Å². The molecule has 6 rings (SSSR count). The van der Waals surface area contributed by atoms with E-state index in [4.69, 9.17) is 23.2 Å². The molecule has 3 nitrogen and oxygen atoms in total. The zero-order valence-electron chi connectivity index (χ0n) is 26.4. The Balaban J connectivity index is 1.43. The van der Waals surface area contributed by atoms with Crippen LogP contribution >= 0.6 is 23.2 Å². The Morgan fingerprint density at radius 3 is 2.21 bits per heavy atom. The SMILES string of the molecule is C=C(C)[C@@H]1CC[C@]2(C(=O)O)CC[C@]3(C)[C@H](CC[C@@H]4[C@@]5(C)C/C(=C\c6c(Cl)cccc6Cl)[C@H](O)C(C)(C)[C@@H]5CC[C@]43C)[C@@H]12. The van der Waals surface area contributed by atoms with Crippen molar-refractivity contribution >= 4 is 35.2 Å². The van der Waals surface area contributed by atoms with Crippen molar-refractivity contribution < 1.29 is 15.0 Å². The first kappa shape index (κ1) is 30.7. The molecule has 0 aromatic heterocycles. The van der Waals surface area contributed by atoms with E-state index in [1.54, 1.807) is 0 Å². The average molecular weight is 614 g/mol. The molecule has 1 aromatic rings. The number of halogens is 2. The van der Waals surface area contributed by atoms with E-state index in [2.05, 4.69) is 54.2 Å². The van der Waals surface area contributed by atoms with Gasteiger partial charge < -0.3 is 10.2 Å². The van der Waals surface area contributed by atoms with Crippen LogP contribution in [0.5, 0.6) is 0 Å². The summed E-state index contributed by atoms with van der Waals surface area (Å²) in [7, 11) is 0. The Morgan fingerprint density at radius 2 is 1.60 bits per heavy atom. The van der Waals surface area contributed by atoms with E-state index in [0.29, 0.717) is 33.7 Å². The van der Waals surface area contributed by atoms with Crippen molar-refractivity contribution in [2.75, 3.05) is 0 Å². The second kappa shape index (κ2) is 9.85. The summed E-state index contributed by atoms with van der Waals surface area (Å²) >= 11 is 13.2. The molecule has 5 heteroatoms. The van der Waals surface area contributed by atoms with E-state index in [0.717, 1.165) is 68.9 Å². The lowest BCUT2D eigenvalue weighted by Crippen LogP contribution is -2.67. The molecule has 10 atom stereocenters. The van der Waals surface area contributed by atoms with Crippen LogP contribution in [-0.4, -0.2) is 22.3 Å². The molecule has 42 heavy (non-hydrogen) atoms. The van der Waals surface area contributed by atoms with E-state index in [9.17, 15) is 15.0 Å². The Morgan fingerprint density at radius 1 is 0.929 bits per heavy atom. The first-order valence-electron chi connectivity index (χ1n) is 16.3. The Labute approximate surface area is 263 Å². The van der Waals surface area contributed by atoms with Gasteiger partial charge in [0.1, 0.15) is 0 Å². The zero-order valence-corrected chi connectivity index (χ0v) is 27.9. The standard InChI is InChI=1S/C37H50Cl2O3/c1-21(2)23-13-16-37(32(41)42)18-17-35(6)25(30(23)37)11-12-29-34(5)20-22(19-24-26(38)9-8-10-27(24)39)31(40)33(3,4)28(34)14-15-36(29,35)7/h8-10,19,23,25,28-31,40H,1,11-18,20H2,2-7H3,(H,41,42)/b22-19+/t23-,25+,28-,29+,30+,31-,34-,35+,36+,37-/m0/s1. The largest absolute Gasteiger partial charge is 0.481 e. The molecule has 5 saturated carbocycles. The summed E-state index contributed by atoms with van der Waals surface area (Å²) in [5.74, 6) is 1.19. The summed E-state index contributed by atoms with van der Waals surface area (Å²) in [4.78, 5) is 13.0. The molecule has 230 valence electrons. The van der Waals surface area contributed by atoms with Gasteiger partial charge in [-0.05, 0) is 134 Å². The first-order valence-corrected chi connectivity index (χ1v) is 17.0. The Kier molecular flexibility index (Phi) is 7.21. The van der Waals surface area contributed by atoms with Crippen LogP contribution in [-0.2, 0) is 4.79 Å². The van der Waals surface area contributed by atoms with Crippen molar-refractivity contribution in [2.24, 2.45) is 56.7 Å². The smallest absolute Gasteiger partial charge is 0.309 e. The number of carboxylic acids is 1. The molecule has 0 amide bonds. The number of rotatable bonds is 3. The van der Waals surface area contributed by atoms with Gasteiger partial charge in [-0.25, -0.2) is 0 Å². The average Bonchev–Trinajstić information content (AvgIpc) is 3.31. The van der Waals surface area contributed by atoms with Crippen molar-refractivity contribution in [1.82, 2.24) is 0 Å². The minimum absolute atomic E-state index is 0.00798. The number of aliphatic hydroxyl groups excluding tert-OH is 1. The normalized spacial score (nSPS) is 46.7. The van der Waals surface area contributed by atoms with Crippen LogP contribution in [0, 0.1) is 56.7 Å². The maximum atomic E-state index is 13.0. The maximum absolute atomic E-state index is 13.0. The third kappa shape index (κ3) is 3.91. The van der Waals surface area contributed by atoms with Crippen molar-refractivity contribution in [1.29, 1.82) is 0 Å². The third-order valence-electron chi connectivity index (χ3n) is 14.6. The van der Waals surface area contributed by atoms with Crippen LogP contribution in [0.1, 0.15) is 105 Å². The fraction of sp³-hybridized carbons (Fsp3) is 0.703. The lowest BCUT2D eigenvalue weighted by Gasteiger charge is -2.72. The highest BCUT2D eigenvalue weighted by Crippen LogP contribution is 2.77. The summed E-state index contributed by atoms with van der Waals surface area (Å²) in [5, 5.41) is 23.7. The molecule has 2 N–H and O–H groups in total. The minimum Gasteiger partial charge on any atom is -0.481 e. The third-order valence-corrected chi connectivity index (χ3v) is 15.3. The van der Waals surface area contributed by atoms with Crippen LogP contribution in [0.4, 0.5) is 0 Å². The van der Waals surface area contributed by atoms with Gasteiger partial charge in [0.2, 0.25) is 0 Å². The molecule has 0 aliphatic heterocycles. The number of allylic oxidation sites excluding steroid dienone is 1. The second-order valence-electron chi connectivity index (χ2n) is 16.4. The van der Waals surface area contributed by atoms with Gasteiger partial charge in [-0.15, -0.1) is 0 Å². The van der Waals surface area contributed by atoms with E-state index < -0.39 is 17.5 Å². The fourth-order valence-corrected chi connectivity index (χ4v) is 13.0. The Hall–Kier alpha value is -1.29. The number of fused-ring (bicyclic) bond motifs is 7. The number of aliphatic hydroxyl groups is 1. The predicted molar refractivity (Wildman–Crippen MR) is 172 cm³/mol. The van der Waals surface area contributed by atoms with Crippen LogP contribution in [0.2, 0.25) is 10.0 Å². The summed E-state index contributed by atoms with van der Waals surface area (Å²) < 4.78 is 0. The van der Waals surface area contributed by atoms with E-state index in [1.165, 1.54) is 5.57 Å². The van der Waals surface area contributed by atoms with Crippen molar-refractivity contribution in [2.45, 2.75) is 105 Å². The molecule has 0 saturated heterocycles. The molecule has 0 unspecified atom stereocenters. The lowest BCUT2D eigenvalue weighted by atomic mass is 9.32. The quantitative estimate of drug-likeness (QED) is 0.334. The Bertz CT molecular complexity index is 1330. The molecule has 5 fully saturated rings. The number of hydrogen-bond acceptors (Lipinski definition) is 2. The summed E-state index contributed by atoms with van der Waals surface area (Å²) in [6, 6.07) is 5.60. The van der Waals surface area contributed by atoms with Crippen LogP contribution in [0.25, 0.3) is 6.08 Å². The summed E-state index contributed by atoms with van der Waals surface area (Å²) in [6.07, 6.45) is 10.3. The van der Waals surface area contributed by atoms with Gasteiger partial charge in [-0.3, -0.25) is 4.79 Å². The van der Waals surface area contributed by atoms with Gasteiger partial charge in [-0.2, -0.15) is 0 Å². The molecule has 1 aromatic carbocycles. The van der Waals surface area contributed by atoms with Gasteiger partial charge in [0.15, 0.2) is 0 Å². The van der Waals surface area contributed by atoms with Crippen LogP contribution in [0.15, 0.2) is 35.9 Å². The van der Waals surface area contributed by atoms with Gasteiger partial charge >= 0.3 is 5.97 Å². The first-order chi connectivity index (χ1) is 19.5. The van der Waals surface area contributed by atoms with Crippen molar-refractivity contribution in [3.05, 3.63) is 51.5 Å². The van der Waals surface area contributed by atoms with Gasteiger partial charge in [0, 0.05) is 15.6 Å². The van der Waals surface area contributed by atoms with E-state index in [-0.39, 0.29) is 27.6 Å². The molecule has 5 aliphatic carbocycles. The summed E-state index contributed by atoms with van der Waals surface area (Å²) in [6.45, 7) is 18.6. The summed E-state index contributed by atoms with van der Waals surface area (Å²) in [5.41, 5.74) is 2.30. The fourth-order valence-electron chi connectivity index (χ4n) is 12.5. The van der Waals surface area contributed by atoms with E-state index >= 15 is 0 Å². The van der Waals surface area contributed by atoms with Crippen molar-refractivity contribution in [3.63, 3.8) is 0 Å². The van der Waals surface area contributed by atoms with Crippen LogP contribution < -0.4 is 0 Å². The number of carbonyl (C=O) groups is 1. The number of carboxylic acid groups (broad SMARTS) is 1. The van der Waals surface area contributed by atoms with Gasteiger partial charge in [-0.1, -0.05) is 82.1 Å². The molecule has 0 spiro atoms. The zero-order chi connectivity index (χ0) is 30.6. The minimum atomic E-state index is -0.598. The lowest BCUT2D eigenvalue weighted by molar-refractivity contribution is -0.240. The highest BCUT2D eigenvalue weighted by atomic mass is 35.5. The molecule has 0 radical (unpaired) electrons. The molecule has 5 aliphatic rings. The molecule has 0 heterocycles. The number of hydrogen-bond donors (Lipinski definition) is 2. The predicted octanol–water partition coefficient (Wildman–Crippen LogP) is 10.1. The number of aliphatic carboxylic acids is 1. The highest BCUT2D eigenvalue weighted by molar-refractivity contribution is 6.37. The number of benzene rings is 1. The molecular weight excluding hydrogens is 563 g/mol. The maximum Gasteiger partial charge on any atom is 0.309 e. The second-order valence-corrected chi connectivity index (χ2v) is 17.2.